The molecule has 0 spiro atoms. The van der Waals surface area contributed by atoms with E-state index in [9.17, 15) is 0 Å². The second kappa shape index (κ2) is 2.51. The average Bonchev–Trinajstić information content (AvgIpc) is 2.17. The fraction of sp³-hybridized carbons (Fsp3) is 0. The molecule has 0 saturated heterocycles. The van der Waals surface area contributed by atoms with Crippen molar-refractivity contribution in [1.82, 2.24) is 19.9 Å². The summed E-state index contributed by atoms with van der Waals surface area (Å²) < 4.78 is 0. The monoisotopic (exact) mass is 157 g/mol. The van der Waals surface area contributed by atoms with Gasteiger partial charge in [-0.3, -0.25) is 0 Å². The molecule has 0 atom stereocenters. The summed E-state index contributed by atoms with van der Waals surface area (Å²) in [6.07, 6.45) is 4.32. The summed E-state index contributed by atoms with van der Waals surface area (Å²) in [6, 6.07) is 1.89. The Morgan fingerprint density at radius 1 is 1.25 bits per heavy atom. The number of fused-ring (bicyclic) bond motifs is 1. The average molecular weight is 157 g/mol. The summed E-state index contributed by atoms with van der Waals surface area (Å²) in [6.45, 7) is 0. The third-order valence-corrected chi connectivity index (χ3v) is 1.34. The largest absolute Gasteiger partial charge is 0.248 e. The van der Waals surface area contributed by atoms with Crippen molar-refractivity contribution in [2.45, 2.75) is 0 Å². The maximum atomic E-state index is 8.50. The van der Waals surface area contributed by atoms with E-state index >= 15 is 0 Å². The molecule has 0 aliphatic heterocycles. The molecular formula is C7H3N5. The number of nitrogens with zero attached hydrogens (tertiary/aromatic N) is 5. The molecule has 5 heteroatoms. The number of hydrogen-bond donors (Lipinski definition) is 0. The lowest BCUT2D eigenvalue weighted by Gasteiger charge is -1.92. The van der Waals surface area contributed by atoms with Crippen molar-refractivity contribution < 1.29 is 0 Å². The van der Waals surface area contributed by atoms with Crippen molar-refractivity contribution in [3.05, 3.63) is 24.4 Å². The molecule has 2 rings (SSSR count). The molecule has 2 heterocycles. The minimum Gasteiger partial charge on any atom is -0.248 e. The van der Waals surface area contributed by atoms with Gasteiger partial charge < -0.3 is 0 Å². The van der Waals surface area contributed by atoms with E-state index in [2.05, 4.69) is 19.9 Å². The van der Waals surface area contributed by atoms with E-state index < -0.39 is 0 Å². The molecule has 12 heavy (non-hydrogen) atoms. The molecule has 0 radical (unpaired) electrons. The normalized spacial score (nSPS) is 9.58. The maximum absolute atomic E-state index is 8.50. The predicted octanol–water partition coefficient (Wildman–Crippen LogP) is 0.291. The van der Waals surface area contributed by atoms with E-state index in [4.69, 9.17) is 5.26 Å². The van der Waals surface area contributed by atoms with Crippen molar-refractivity contribution in [2.24, 2.45) is 0 Å². The highest BCUT2D eigenvalue weighted by Gasteiger charge is 1.97. The number of nitriles is 1. The minimum absolute atomic E-state index is 0.265. The van der Waals surface area contributed by atoms with Gasteiger partial charge in [-0.2, -0.15) is 5.26 Å². The SMILES string of the molecule is N#Cc1cnc2cncnc2n1. The molecule has 5 nitrogen and oxygen atoms in total. The van der Waals surface area contributed by atoms with E-state index in [1.165, 1.54) is 12.5 Å². The van der Waals surface area contributed by atoms with Gasteiger partial charge in [0.1, 0.15) is 17.9 Å². The van der Waals surface area contributed by atoms with Gasteiger partial charge in [0.25, 0.3) is 0 Å². The van der Waals surface area contributed by atoms with Crippen LogP contribution in [0.4, 0.5) is 0 Å². The Bertz CT molecular complexity index is 459. The molecule has 2 aromatic rings. The van der Waals surface area contributed by atoms with Crippen molar-refractivity contribution in [3.8, 4) is 6.07 Å². The molecule has 0 aromatic carbocycles. The Morgan fingerprint density at radius 3 is 3.00 bits per heavy atom. The van der Waals surface area contributed by atoms with E-state index in [-0.39, 0.29) is 5.69 Å². The molecule has 0 N–H and O–H groups in total. The Labute approximate surface area is 67.7 Å². The van der Waals surface area contributed by atoms with Crippen LogP contribution in [0.3, 0.4) is 0 Å². The van der Waals surface area contributed by atoms with Crippen LogP contribution in [-0.2, 0) is 0 Å². The summed E-state index contributed by atoms with van der Waals surface area (Å²) in [4.78, 5) is 15.5. The van der Waals surface area contributed by atoms with Gasteiger partial charge in [-0.15, -0.1) is 0 Å². The Morgan fingerprint density at radius 2 is 2.17 bits per heavy atom. The Kier molecular flexibility index (Phi) is 1.38. The van der Waals surface area contributed by atoms with Crippen molar-refractivity contribution in [3.63, 3.8) is 0 Å². The highest BCUT2D eigenvalue weighted by atomic mass is 14.9. The zero-order valence-electron chi connectivity index (χ0n) is 5.97. The highest BCUT2D eigenvalue weighted by molar-refractivity contribution is 5.67. The highest BCUT2D eigenvalue weighted by Crippen LogP contribution is 2.02. The molecule has 2 aromatic heterocycles. The Hall–Kier alpha value is -2.09. The maximum Gasteiger partial charge on any atom is 0.182 e. The van der Waals surface area contributed by atoms with Crippen molar-refractivity contribution in [2.75, 3.05) is 0 Å². The second-order valence-corrected chi connectivity index (χ2v) is 2.10. The Balaban J connectivity index is 2.78. The summed E-state index contributed by atoms with van der Waals surface area (Å²) >= 11 is 0. The molecule has 0 saturated carbocycles. The van der Waals surface area contributed by atoms with Gasteiger partial charge in [-0.1, -0.05) is 0 Å². The summed E-state index contributed by atoms with van der Waals surface area (Å²) in [5, 5.41) is 8.50. The second-order valence-electron chi connectivity index (χ2n) is 2.10. The van der Waals surface area contributed by atoms with Crippen LogP contribution in [-0.4, -0.2) is 19.9 Å². The number of rotatable bonds is 0. The quantitative estimate of drug-likeness (QED) is 0.549. The molecule has 0 bridgehead atoms. The summed E-state index contributed by atoms with van der Waals surface area (Å²) in [5.74, 6) is 0. The minimum atomic E-state index is 0.265. The topological polar surface area (TPSA) is 75.3 Å². The van der Waals surface area contributed by atoms with E-state index in [0.717, 1.165) is 0 Å². The lowest BCUT2D eigenvalue weighted by atomic mass is 10.4. The van der Waals surface area contributed by atoms with Crippen LogP contribution in [0.5, 0.6) is 0 Å². The molecule has 0 aliphatic rings. The summed E-state index contributed by atoms with van der Waals surface area (Å²) in [7, 11) is 0. The van der Waals surface area contributed by atoms with Gasteiger partial charge in [0.05, 0.1) is 12.4 Å². The molecular weight excluding hydrogens is 154 g/mol. The third-order valence-electron chi connectivity index (χ3n) is 1.34. The van der Waals surface area contributed by atoms with Gasteiger partial charge in [-0.05, 0) is 0 Å². The van der Waals surface area contributed by atoms with Crippen LogP contribution in [0.1, 0.15) is 5.69 Å². The van der Waals surface area contributed by atoms with Crippen LogP contribution in [0.2, 0.25) is 0 Å². The predicted molar refractivity (Wildman–Crippen MR) is 39.8 cm³/mol. The first-order valence-corrected chi connectivity index (χ1v) is 3.23. The van der Waals surface area contributed by atoms with E-state index in [0.29, 0.717) is 11.2 Å². The van der Waals surface area contributed by atoms with E-state index in [1.54, 1.807) is 6.20 Å². The van der Waals surface area contributed by atoms with Gasteiger partial charge in [-0.25, -0.2) is 19.9 Å². The van der Waals surface area contributed by atoms with Crippen molar-refractivity contribution in [1.29, 1.82) is 5.26 Å². The van der Waals surface area contributed by atoms with Crippen LogP contribution < -0.4 is 0 Å². The van der Waals surface area contributed by atoms with E-state index in [1.807, 2.05) is 6.07 Å². The lowest BCUT2D eigenvalue weighted by Crippen LogP contribution is -1.91. The van der Waals surface area contributed by atoms with Crippen LogP contribution in [0.15, 0.2) is 18.7 Å². The smallest absolute Gasteiger partial charge is 0.182 e. The van der Waals surface area contributed by atoms with Gasteiger partial charge in [0.15, 0.2) is 11.3 Å². The number of hydrogen-bond acceptors (Lipinski definition) is 5. The fourth-order valence-corrected chi connectivity index (χ4v) is 0.821. The zero-order chi connectivity index (χ0) is 8.39. The molecule has 0 fully saturated rings. The molecule has 0 aliphatic carbocycles. The van der Waals surface area contributed by atoms with Gasteiger partial charge >= 0.3 is 0 Å². The van der Waals surface area contributed by atoms with Crippen LogP contribution >= 0.6 is 0 Å². The standard InChI is InChI=1S/C7H3N5/c8-1-5-2-10-6-3-9-4-11-7(6)12-5/h2-4H. The van der Waals surface area contributed by atoms with Crippen LogP contribution in [0, 0.1) is 11.3 Å². The first kappa shape index (κ1) is 6.61. The van der Waals surface area contributed by atoms with Gasteiger partial charge in [0.2, 0.25) is 0 Å². The first-order chi connectivity index (χ1) is 5.90. The van der Waals surface area contributed by atoms with Gasteiger partial charge in [0, 0.05) is 0 Å². The molecule has 0 unspecified atom stereocenters. The van der Waals surface area contributed by atoms with Crippen LogP contribution in [0.25, 0.3) is 11.2 Å². The molecule has 0 amide bonds. The first-order valence-electron chi connectivity index (χ1n) is 3.23. The molecule has 56 valence electrons. The summed E-state index contributed by atoms with van der Waals surface area (Å²) in [5.41, 5.74) is 1.31. The number of aromatic nitrogens is 4. The lowest BCUT2D eigenvalue weighted by molar-refractivity contribution is 1.13. The van der Waals surface area contributed by atoms with Crippen molar-refractivity contribution >= 4 is 11.2 Å². The fourth-order valence-electron chi connectivity index (χ4n) is 0.821. The zero-order valence-corrected chi connectivity index (χ0v) is 5.97. The third kappa shape index (κ3) is 0.953.